The van der Waals surface area contributed by atoms with E-state index in [4.69, 9.17) is 10.5 Å². The first kappa shape index (κ1) is 14.2. The first-order valence-electron chi connectivity index (χ1n) is 5.56. The molecule has 0 saturated carbocycles. The molecule has 0 fully saturated rings. The monoisotopic (exact) mass is 299 g/mol. The number of carbonyl (C=O) groups excluding carboxylic acids is 1. The van der Waals surface area contributed by atoms with Crippen molar-refractivity contribution in [2.45, 2.75) is 19.9 Å². The van der Waals surface area contributed by atoms with Crippen molar-refractivity contribution in [2.75, 3.05) is 7.11 Å². The number of carbonyl (C=O) groups is 1. The minimum Gasteiger partial charge on any atom is -0.469 e. The van der Waals surface area contributed by atoms with Crippen molar-refractivity contribution in [1.82, 2.24) is 0 Å². The summed E-state index contributed by atoms with van der Waals surface area (Å²) >= 11 is 3.45. The molecule has 3 nitrogen and oxygen atoms in total. The molecule has 0 aromatic heterocycles. The molecule has 4 heteroatoms. The summed E-state index contributed by atoms with van der Waals surface area (Å²) in [7, 11) is 1.39. The molecule has 17 heavy (non-hydrogen) atoms. The Labute approximate surface area is 110 Å². The van der Waals surface area contributed by atoms with Crippen molar-refractivity contribution < 1.29 is 9.53 Å². The molecule has 2 atom stereocenters. The lowest BCUT2D eigenvalue weighted by Gasteiger charge is -2.25. The van der Waals surface area contributed by atoms with Gasteiger partial charge in [-0.15, -0.1) is 0 Å². The Balaban J connectivity index is 3.04. The molecule has 0 aliphatic carbocycles. The van der Waals surface area contributed by atoms with Crippen molar-refractivity contribution in [2.24, 2.45) is 17.6 Å². The van der Waals surface area contributed by atoms with Gasteiger partial charge < -0.3 is 10.5 Å². The lowest BCUT2D eigenvalue weighted by Crippen LogP contribution is -2.33. The van der Waals surface area contributed by atoms with E-state index in [1.54, 1.807) is 0 Å². The summed E-state index contributed by atoms with van der Waals surface area (Å²) < 4.78 is 5.74. The van der Waals surface area contributed by atoms with Gasteiger partial charge in [-0.2, -0.15) is 0 Å². The van der Waals surface area contributed by atoms with E-state index in [-0.39, 0.29) is 23.8 Å². The average molecular weight is 300 g/mol. The highest BCUT2D eigenvalue weighted by atomic mass is 79.9. The van der Waals surface area contributed by atoms with Gasteiger partial charge in [0.25, 0.3) is 0 Å². The molecule has 1 aromatic rings. The van der Waals surface area contributed by atoms with Gasteiger partial charge >= 0.3 is 5.97 Å². The van der Waals surface area contributed by atoms with E-state index in [1.165, 1.54) is 7.11 Å². The Morgan fingerprint density at radius 3 is 2.41 bits per heavy atom. The smallest absolute Gasteiger partial charge is 0.310 e. The maximum atomic E-state index is 11.8. The van der Waals surface area contributed by atoms with Crippen LogP contribution in [-0.2, 0) is 9.53 Å². The van der Waals surface area contributed by atoms with E-state index in [9.17, 15) is 4.79 Å². The van der Waals surface area contributed by atoms with Crippen LogP contribution in [0.4, 0.5) is 0 Å². The lowest BCUT2D eigenvalue weighted by atomic mass is 9.85. The van der Waals surface area contributed by atoms with Crippen LogP contribution in [0, 0.1) is 11.8 Å². The van der Waals surface area contributed by atoms with Gasteiger partial charge in [0.1, 0.15) is 0 Å². The van der Waals surface area contributed by atoms with Gasteiger partial charge in [-0.3, -0.25) is 4.79 Å². The Morgan fingerprint density at radius 1 is 1.35 bits per heavy atom. The van der Waals surface area contributed by atoms with Crippen LogP contribution in [0.3, 0.4) is 0 Å². The molecule has 1 aromatic carbocycles. The van der Waals surface area contributed by atoms with Crippen molar-refractivity contribution in [3.05, 3.63) is 34.3 Å². The summed E-state index contributed by atoms with van der Waals surface area (Å²) in [6.45, 7) is 3.94. The molecule has 0 aliphatic heterocycles. The molecular weight excluding hydrogens is 282 g/mol. The highest BCUT2D eigenvalue weighted by molar-refractivity contribution is 9.10. The van der Waals surface area contributed by atoms with E-state index < -0.39 is 0 Å². The van der Waals surface area contributed by atoms with E-state index in [2.05, 4.69) is 15.9 Å². The summed E-state index contributed by atoms with van der Waals surface area (Å²) in [4.78, 5) is 11.8. The zero-order chi connectivity index (χ0) is 13.0. The van der Waals surface area contributed by atoms with E-state index in [0.717, 1.165) is 10.0 Å². The SMILES string of the molecule is COC(=O)C(C(C)C)C(N)c1ccccc1Br. The predicted molar refractivity (Wildman–Crippen MR) is 71.4 cm³/mol. The summed E-state index contributed by atoms with van der Waals surface area (Å²) in [5, 5.41) is 0. The van der Waals surface area contributed by atoms with E-state index in [0.29, 0.717) is 0 Å². The number of hydrogen-bond donors (Lipinski definition) is 1. The number of hydrogen-bond acceptors (Lipinski definition) is 3. The topological polar surface area (TPSA) is 52.3 Å². The molecule has 0 spiro atoms. The van der Waals surface area contributed by atoms with Gasteiger partial charge in [0.15, 0.2) is 0 Å². The van der Waals surface area contributed by atoms with E-state index in [1.807, 2.05) is 38.1 Å². The summed E-state index contributed by atoms with van der Waals surface area (Å²) in [5.74, 6) is -0.466. The molecule has 0 bridgehead atoms. The molecule has 2 unspecified atom stereocenters. The molecule has 0 amide bonds. The third-order valence-electron chi connectivity index (χ3n) is 2.84. The molecule has 0 radical (unpaired) electrons. The zero-order valence-electron chi connectivity index (χ0n) is 10.3. The number of halogens is 1. The molecule has 1 rings (SSSR count). The number of nitrogens with two attached hydrogens (primary N) is 1. The first-order chi connectivity index (χ1) is 7.99. The van der Waals surface area contributed by atoms with Gasteiger partial charge in [-0.25, -0.2) is 0 Å². The van der Waals surface area contributed by atoms with Gasteiger partial charge in [0, 0.05) is 10.5 Å². The molecule has 94 valence electrons. The fraction of sp³-hybridized carbons (Fsp3) is 0.462. The van der Waals surface area contributed by atoms with Crippen LogP contribution in [0.25, 0.3) is 0 Å². The Bertz CT molecular complexity index is 393. The minimum atomic E-state index is -0.363. The molecule has 2 N–H and O–H groups in total. The zero-order valence-corrected chi connectivity index (χ0v) is 11.9. The number of esters is 1. The van der Waals surface area contributed by atoms with Crippen LogP contribution in [0.5, 0.6) is 0 Å². The van der Waals surface area contributed by atoms with E-state index >= 15 is 0 Å². The Hall–Kier alpha value is -0.870. The van der Waals surface area contributed by atoms with Crippen LogP contribution < -0.4 is 5.73 Å². The highest BCUT2D eigenvalue weighted by Gasteiger charge is 2.31. The van der Waals surface area contributed by atoms with Crippen LogP contribution >= 0.6 is 15.9 Å². The van der Waals surface area contributed by atoms with Crippen LogP contribution in [0.15, 0.2) is 28.7 Å². The van der Waals surface area contributed by atoms with Crippen molar-refractivity contribution >= 4 is 21.9 Å². The van der Waals surface area contributed by atoms with Gasteiger partial charge in [-0.1, -0.05) is 48.0 Å². The Kier molecular flexibility index (Phi) is 5.15. The largest absolute Gasteiger partial charge is 0.469 e. The fourth-order valence-electron chi connectivity index (χ4n) is 1.91. The van der Waals surface area contributed by atoms with Crippen molar-refractivity contribution in [1.29, 1.82) is 0 Å². The normalized spacial score (nSPS) is 14.5. The van der Waals surface area contributed by atoms with Crippen molar-refractivity contribution in [3.63, 3.8) is 0 Å². The van der Waals surface area contributed by atoms with Crippen LogP contribution in [0.1, 0.15) is 25.5 Å². The quantitative estimate of drug-likeness (QED) is 0.870. The maximum Gasteiger partial charge on any atom is 0.310 e. The molecular formula is C13H18BrNO2. The second-order valence-corrected chi connectivity index (χ2v) is 5.19. The van der Waals surface area contributed by atoms with Gasteiger partial charge in [-0.05, 0) is 17.5 Å². The van der Waals surface area contributed by atoms with Crippen LogP contribution in [0.2, 0.25) is 0 Å². The van der Waals surface area contributed by atoms with Crippen LogP contribution in [-0.4, -0.2) is 13.1 Å². The fourth-order valence-corrected chi connectivity index (χ4v) is 2.46. The minimum absolute atomic E-state index is 0.129. The molecule has 0 aliphatic rings. The number of benzene rings is 1. The van der Waals surface area contributed by atoms with Crippen molar-refractivity contribution in [3.8, 4) is 0 Å². The number of ether oxygens (including phenoxy) is 1. The highest BCUT2D eigenvalue weighted by Crippen LogP contribution is 2.31. The predicted octanol–water partition coefficient (Wildman–Crippen LogP) is 2.89. The summed E-state index contributed by atoms with van der Waals surface area (Å²) in [5.41, 5.74) is 7.11. The average Bonchev–Trinajstić information content (AvgIpc) is 2.28. The summed E-state index contributed by atoms with van der Waals surface area (Å²) in [6, 6.07) is 7.31. The standard InChI is InChI=1S/C13H18BrNO2/c1-8(2)11(13(16)17-3)12(15)9-6-4-5-7-10(9)14/h4-8,11-12H,15H2,1-3H3. The number of methoxy groups -OCH3 is 1. The third kappa shape index (κ3) is 3.30. The van der Waals surface area contributed by atoms with Gasteiger partial charge in [0.2, 0.25) is 0 Å². The lowest BCUT2D eigenvalue weighted by molar-refractivity contribution is -0.147. The first-order valence-corrected chi connectivity index (χ1v) is 6.36. The second kappa shape index (κ2) is 6.17. The third-order valence-corrected chi connectivity index (χ3v) is 3.56. The molecule has 0 heterocycles. The maximum absolute atomic E-state index is 11.8. The second-order valence-electron chi connectivity index (χ2n) is 4.34. The molecule has 0 saturated heterocycles. The van der Waals surface area contributed by atoms with Gasteiger partial charge in [0.05, 0.1) is 13.0 Å². The summed E-state index contributed by atoms with van der Waals surface area (Å²) in [6.07, 6.45) is 0. The Morgan fingerprint density at radius 2 is 1.94 bits per heavy atom. The number of rotatable bonds is 4.